The molecule has 4 nitrogen and oxygen atoms in total. The van der Waals surface area contributed by atoms with Crippen LogP contribution in [0.5, 0.6) is 0 Å². The van der Waals surface area contributed by atoms with Crippen molar-refractivity contribution >= 4 is 33.5 Å². The van der Waals surface area contributed by atoms with E-state index in [9.17, 15) is 8.42 Å². The minimum absolute atomic E-state index is 0.467. The van der Waals surface area contributed by atoms with E-state index in [0.717, 1.165) is 12.8 Å². The highest BCUT2D eigenvalue weighted by Gasteiger charge is 2.30. The molecule has 0 fully saturated rings. The maximum Gasteiger partial charge on any atom is 0.338 e. The predicted octanol–water partition coefficient (Wildman–Crippen LogP) is 2.43. The van der Waals surface area contributed by atoms with Gasteiger partial charge in [0.25, 0.3) is 0 Å². The minimum Gasteiger partial charge on any atom is -0.273 e. The summed E-state index contributed by atoms with van der Waals surface area (Å²) in [5, 5.41) is 0. The van der Waals surface area contributed by atoms with Crippen molar-refractivity contribution in [2.75, 3.05) is 0 Å². The van der Waals surface area contributed by atoms with Gasteiger partial charge in [0.05, 0.1) is 5.50 Å². The van der Waals surface area contributed by atoms with Gasteiger partial charge in [-0.2, -0.15) is 8.42 Å². The normalized spacial score (nSPS) is 17.0. The molecule has 0 aromatic heterocycles. The van der Waals surface area contributed by atoms with Crippen molar-refractivity contribution in [1.82, 2.24) is 4.31 Å². The molecule has 0 aliphatic carbocycles. The lowest BCUT2D eigenvalue weighted by Gasteiger charge is -2.25. The van der Waals surface area contributed by atoms with Crippen LogP contribution < -0.4 is 0 Å². The molecule has 0 spiro atoms. The number of unbranched alkanes of at least 4 members (excludes halogenated alkanes) is 1. The van der Waals surface area contributed by atoms with Crippen LogP contribution in [0.1, 0.15) is 33.1 Å². The molecule has 0 aliphatic heterocycles. The van der Waals surface area contributed by atoms with Crippen LogP contribution >= 0.6 is 23.2 Å². The third-order valence-electron chi connectivity index (χ3n) is 1.69. The molecule has 0 saturated carbocycles. The second-order valence-corrected chi connectivity index (χ2v) is 5.41. The summed E-state index contributed by atoms with van der Waals surface area (Å²) in [6, 6.07) is 0. The SMILES string of the molecule is CCCCC(Cl)N(C(C)Cl)S(=O)(=O)O. The monoisotopic (exact) mass is 263 g/mol. The van der Waals surface area contributed by atoms with E-state index in [-0.39, 0.29) is 0 Å². The molecule has 2 unspecified atom stereocenters. The van der Waals surface area contributed by atoms with Crippen molar-refractivity contribution in [3.8, 4) is 0 Å². The molecule has 0 radical (unpaired) electrons. The molecule has 0 aromatic rings. The van der Waals surface area contributed by atoms with Gasteiger partial charge in [0.1, 0.15) is 5.50 Å². The Labute approximate surface area is 95.1 Å². The molecular formula is C7H15Cl2NO3S. The van der Waals surface area contributed by atoms with Crippen molar-refractivity contribution in [2.24, 2.45) is 0 Å². The van der Waals surface area contributed by atoms with E-state index in [4.69, 9.17) is 27.8 Å². The molecule has 7 heteroatoms. The fourth-order valence-corrected chi connectivity index (χ4v) is 2.93. The molecule has 14 heavy (non-hydrogen) atoms. The highest BCUT2D eigenvalue weighted by molar-refractivity contribution is 7.83. The highest BCUT2D eigenvalue weighted by Crippen LogP contribution is 2.21. The Bertz CT molecular complexity index is 256. The fraction of sp³-hybridized carbons (Fsp3) is 1.00. The second kappa shape index (κ2) is 6.12. The van der Waals surface area contributed by atoms with Crippen LogP contribution in [0, 0.1) is 0 Å². The Balaban J connectivity index is 4.51. The van der Waals surface area contributed by atoms with Gasteiger partial charge in [0.15, 0.2) is 0 Å². The van der Waals surface area contributed by atoms with Crippen LogP contribution in [-0.2, 0) is 10.3 Å². The zero-order valence-corrected chi connectivity index (χ0v) is 10.5. The zero-order valence-electron chi connectivity index (χ0n) is 8.15. The van der Waals surface area contributed by atoms with E-state index in [0.29, 0.717) is 10.7 Å². The highest BCUT2D eigenvalue weighted by atomic mass is 35.5. The van der Waals surface area contributed by atoms with Gasteiger partial charge in [-0.3, -0.25) is 4.55 Å². The first kappa shape index (κ1) is 14.5. The maximum absolute atomic E-state index is 10.9. The average Bonchev–Trinajstić information content (AvgIpc) is 1.97. The van der Waals surface area contributed by atoms with Crippen LogP contribution in [0.15, 0.2) is 0 Å². The van der Waals surface area contributed by atoms with Crippen LogP contribution in [0.25, 0.3) is 0 Å². The summed E-state index contributed by atoms with van der Waals surface area (Å²) in [6.07, 6.45) is 2.15. The van der Waals surface area contributed by atoms with E-state index >= 15 is 0 Å². The smallest absolute Gasteiger partial charge is 0.273 e. The van der Waals surface area contributed by atoms with Crippen molar-refractivity contribution < 1.29 is 13.0 Å². The summed E-state index contributed by atoms with van der Waals surface area (Å²) < 4.78 is 31.3. The molecule has 0 aromatic carbocycles. The van der Waals surface area contributed by atoms with Gasteiger partial charge in [-0.1, -0.05) is 19.8 Å². The van der Waals surface area contributed by atoms with Gasteiger partial charge in [0, 0.05) is 0 Å². The average molecular weight is 264 g/mol. The van der Waals surface area contributed by atoms with Gasteiger partial charge >= 0.3 is 10.3 Å². The van der Waals surface area contributed by atoms with E-state index in [1.165, 1.54) is 6.92 Å². The molecule has 0 amide bonds. The van der Waals surface area contributed by atoms with Crippen molar-refractivity contribution in [2.45, 2.75) is 44.1 Å². The molecular weight excluding hydrogens is 249 g/mol. The number of rotatable bonds is 6. The van der Waals surface area contributed by atoms with Crippen LogP contribution in [0.2, 0.25) is 0 Å². The van der Waals surface area contributed by atoms with Crippen molar-refractivity contribution in [3.63, 3.8) is 0 Å². The molecule has 0 heterocycles. The van der Waals surface area contributed by atoms with Crippen LogP contribution in [-0.4, -0.2) is 28.3 Å². The maximum atomic E-state index is 10.9. The Morgan fingerprint density at radius 3 is 2.21 bits per heavy atom. The number of hydrogen-bond acceptors (Lipinski definition) is 2. The predicted molar refractivity (Wildman–Crippen MR) is 57.9 cm³/mol. The summed E-state index contributed by atoms with van der Waals surface area (Å²) in [6.45, 7) is 3.40. The first-order valence-electron chi connectivity index (χ1n) is 4.34. The first-order valence-corrected chi connectivity index (χ1v) is 6.61. The van der Waals surface area contributed by atoms with E-state index in [1.807, 2.05) is 6.92 Å². The van der Waals surface area contributed by atoms with Gasteiger partial charge in [-0.15, -0.1) is 27.5 Å². The molecule has 86 valence electrons. The Morgan fingerprint density at radius 1 is 1.43 bits per heavy atom. The van der Waals surface area contributed by atoms with E-state index in [1.54, 1.807) is 0 Å². The van der Waals surface area contributed by atoms with Crippen LogP contribution in [0.3, 0.4) is 0 Å². The Kier molecular flexibility index (Phi) is 6.32. The summed E-state index contributed by atoms with van der Waals surface area (Å²) in [5.41, 5.74) is -1.65. The Morgan fingerprint density at radius 2 is 1.93 bits per heavy atom. The molecule has 1 N–H and O–H groups in total. The van der Waals surface area contributed by atoms with Crippen LogP contribution in [0.4, 0.5) is 0 Å². The molecule has 2 atom stereocenters. The number of halogens is 2. The number of alkyl halides is 2. The topological polar surface area (TPSA) is 57.6 Å². The lowest BCUT2D eigenvalue weighted by Crippen LogP contribution is -2.40. The standard InChI is InChI=1S/C7H15Cl2NO3S/c1-3-4-5-7(9)10(6(2)8)14(11,12)13/h6-7H,3-5H2,1-2H3,(H,11,12,13). The Hall–Kier alpha value is 0.450. The largest absolute Gasteiger partial charge is 0.338 e. The summed E-state index contributed by atoms with van der Waals surface area (Å²) in [5.74, 6) is 0. The third kappa shape index (κ3) is 4.79. The number of hydrogen-bond donors (Lipinski definition) is 1. The van der Waals surface area contributed by atoms with Gasteiger partial charge in [-0.05, 0) is 13.3 Å². The zero-order chi connectivity index (χ0) is 11.4. The summed E-state index contributed by atoms with van der Waals surface area (Å²) >= 11 is 11.4. The van der Waals surface area contributed by atoms with Crippen molar-refractivity contribution in [3.05, 3.63) is 0 Å². The molecule has 0 saturated heterocycles. The third-order valence-corrected chi connectivity index (χ3v) is 3.66. The lowest BCUT2D eigenvalue weighted by atomic mass is 10.2. The molecule has 0 bridgehead atoms. The lowest BCUT2D eigenvalue weighted by molar-refractivity contribution is 0.315. The van der Waals surface area contributed by atoms with Gasteiger partial charge in [0.2, 0.25) is 0 Å². The number of nitrogens with zero attached hydrogens (tertiary/aromatic N) is 1. The van der Waals surface area contributed by atoms with Crippen molar-refractivity contribution in [1.29, 1.82) is 0 Å². The fourth-order valence-electron chi connectivity index (χ4n) is 1.05. The van der Waals surface area contributed by atoms with E-state index in [2.05, 4.69) is 0 Å². The summed E-state index contributed by atoms with van der Waals surface area (Å²) in [4.78, 5) is 0. The molecule has 0 rings (SSSR count). The van der Waals surface area contributed by atoms with Gasteiger partial charge < -0.3 is 0 Å². The summed E-state index contributed by atoms with van der Waals surface area (Å²) in [7, 11) is -4.32. The quantitative estimate of drug-likeness (QED) is 0.455. The second-order valence-electron chi connectivity index (χ2n) is 2.96. The van der Waals surface area contributed by atoms with Gasteiger partial charge in [-0.25, -0.2) is 0 Å². The van der Waals surface area contributed by atoms with E-state index < -0.39 is 21.3 Å². The minimum atomic E-state index is -4.32. The molecule has 0 aliphatic rings. The first-order chi connectivity index (χ1) is 6.30.